The third-order valence-corrected chi connectivity index (χ3v) is 4.96. The van der Waals surface area contributed by atoms with Crippen molar-refractivity contribution in [3.63, 3.8) is 0 Å². The zero-order valence-corrected chi connectivity index (χ0v) is 14.3. The molecule has 6 heteroatoms. The Morgan fingerprint density at radius 1 is 1.25 bits per heavy atom. The Morgan fingerprint density at radius 3 is 2.75 bits per heavy atom. The molecule has 1 aliphatic carbocycles. The molecule has 4 nitrogen and oxygen atoms in total. The zero-order valence-electron chi connectivity index (χ0n) is 14.3. The summed E-state index contributed by atoms with van der Waals surface area (Å²) in [5.74, 6) is -2.00. The van der Waals surface area contributed by atoms with Gasteiger partial charge in [-0.05, 0) is 38.8 Å². The third kappa shape index (κ3) is 3.35. The molecule has 1 heterocycles. The molecule has 2 aliphatic rings. The Labute approximate surface area is 141 Å². The van der Waals surface area contributed by atoms with Crippen LogP contribution in [0.15, 0.2) is 12.1 Å². The van der Waals surface area contributed by atoms with Gasteiger partial charge in [-0.15, -0.1) is 0 Å². The minimum Gasteiger partial charge on any atom is -0.488 e. The summed E-state index contributed by atoms with van der Waals surface area (Å²) in [7, 11) is 0. The lowest BCUT2D eigenvalue weighted by Crippen LogP contribution is -2.67. The van der Waals surface area contributed by atoms with E-state index in [0.29, 0.717) is 18.3 Å². The number of benzene rings is 1. The summed E-state index contributed by atoms with van der Waals surface area (Å²) in [4.78, 5) is 2.02. The number of nitrogens with zero attached hydrogens (tertiary/aromatic N) is 1. The smallest absolute Gasteiger partial charge is 0.202 e. The van der Waals surface area contributed by atoms with Gasteiger partial charge in [0, 0.05) is 24.2 Å². The standard InChI is InChI=1S/C18H26F2N2O2/c1-18(2)11-22(13-6-4-3-5-12(13)21-18)14-7-8-15(24-10-9-23)17(20)16(14)19/h7-8,12-13,21,23H,3-6,9-11H2,1-2H3/t12-,13+/m1/s1. The highest BCUT2D eigenvalue weighted by atomic mass is 19.2. The second kappa shape index (κ2) is 6.84. The van der Waals surface area contributed by atoms with E-state index in [1.54, 1.807) is 6.07 Å². The van der Waals surface area contributed by atoms with Crippen LogP contribution in [0.2, 0.25) is 0 Å². The number of anilines is 1. The van der Waals surface area contributed by atoms with Crippen LogP contribution < -0.4 is 15.0 Å². The largest absolute Gasteiger partial charge is 0.488 e. The van der Waals surface area contributed by atoms with E-state index in [1.807, 2.05) is 4.90 Å². The number of hydrogen-bond donors (Lipinski definition) is 2. The number of halogens is 2. The molecule has 134 valence electrons. The van der Waals surface area contributed by atoms with Gasteiger partial charge in [-0.25, -0.2) is 4.39 Å². The summed E-state index contributed by atoms with van der Waals surface area (Å²) in [6.07, 6.45) is 4.33. The second-order valence-corrected chi connectivity index (χ2v) is 7.40. The third-order valence-electron chi connectivity index (χ3n) is 4.96. The maximum absolute atomic E-state index is 14.7. The molecular formula is C18H26F2N2O2. The van der Waals surface area contributed by atoms with Crippen LogP contribution in [0.5, 0.6) is 5.75 Å². The normalized spacial score (nSPS) is 26.1. The quantitative estimate of drug-likeness (QED) is 0.885. The van der Waals surface area contributed by atoms with Crippen LogP contribution in [0.3, 0.4) is 0 Å². The van der Waals surface area contributed by atoms with Gasteiger partial charge in [-0.2, -0.15) is 4.39 Å². The molecule has 0 bridgehead atoms. The van der Waals surface area contributed by atoms with E-state index in [9.17, 15) is 8.78 Å². The average molecular weight is 340 g/mol. The fourth-order valence-electron chi connectivity index (χ4n) is 4.02. The van der Waals surface area contributed by atoms with Crippen molar-refractivity contribution in [3.8, 4) is 5.75 Å². The molecule has 24 heavy (non-hydrogen) atoms. The summed E-state index contributed by atoms with van der Waals surface area (Å²) < 4.78 is 34.1. The van der Waals surface area contributed by atoms with Gasteiger partial charge >= 0.3 is 0 Å². The van der Waals surface area contributed by atoms with Crippen molar-refractivity contribution in [1.29, 1.82) is 0 Å². The predicted octanol–water partition coefficient (Wildman–Crippen LogP) is 2.84. The molecule has 1 saturated carbocycles. The molecule has 1 aromatic rings. The maximum atomic E-state index is 14.7. The molecular weight excluding hydrogens is 314 g/mol. The van der Waals surface area contributed by atoms with Gasteiger partial charge in [0.1, 0.15) is 6.61 Å². The van der Waals surface area contributed by atoms with Gasteiger partial charge in [0.25, 0.3) is 0 Å². The lowest BCUT2D eigenvalue weighted by Gasteiger charge is -2.52. The summed E-state index contributed by atoms with van der Waals surface area (Å²) in [6.45, 7) is 4.52. The Balaban J connectivity index is 1.92. The Morgan fingerprint density at radius 2 is 2.00 bits per heavy atom. The first-order valence-corrected chi connectivity index (χ1v) is 8.69. The number of nitrogens with one attached hydrogen (secondary N) is 1. The highest BCUT2D eigenvalue weighted by molar-refractivity contribution is 5.53. The van der Waals surface area contributed by atoms with Crippen LogP contribution in [0.4, 0.5) is 14.5 Å². The predicted molar refractivity (Wildman–Crippen MR) is 89.5 cm³/mol. The highest BCUT2D eigenvalue weighted by Crippen LogP contribution is 2.37. The molecule has 0 aromatic heterocycles. The second-order valence-electron chi connectivity index (χ2n) is 7.40. The molecule has 1 aliphatic heterocycles. The first-order chi connectivity index (χ1) is 11.4. The molecule has 2 fully saturated rings. The van der Waals surface area contributed by atoms with Crippen LogP contribution in [-0.2, 0) is 0 Å². The number of aliphatic hydroxyl groups excluding tert-OH is 1. The Hall–Kier alpha value is -1.40. The summed E-state index contributed by atoms with van der Waals surface area (Å²) in [6, 6.07) is 3.54. The molecule has 0 amide bonds. The fraction of sp³-hybridized carbons (Fsp3) is 0.667. The molecule has 0 unspecified atom stereocenters. The van der Waals surface area contributed by atoms with E-state index < -0.39 is 11.6 Å². The van der Waals surface area contributed by atoms with Crippen molar-refractivity contribution in [1.82, 2.24) is 5.32 Å². The molecule has 2 N–H and O–H groups in total. The summed E-state index contributed by atoms with van der Waals surface area (Å²) in [5.41, 5.74) is 0.142. The molecule has 0 spiro atoms. The molecule has 1 saturated heterocycles. The lowest BCUT2D eigenvalue weighted by molar-refractivity contribution is 0.193. The average Bonchev–Trinajstić information content (AvgIpc) is 2.55. The summed E-state index contributed by atoms with van der Waals surface area (Å²) in [5, 5.41) is 12.4. The van der Waals surface area contributed by atoms with Crippen molar-refractivity contribution in [2.45, 2.75) is 57.2 Å². The minimum absolute atomic E-state index is 0.0545. The Kier molecular flexibility index (Phi) is 4.97. The zero-order chi connectivity index (χ0) is 17.3. The number of ether oxygens (including phenoxy) is 1. The Bertz CT molecular complexity index is 595. The molecule has 2 atom stereocenters. The van der Waals surface area contributed by atoms with Gasteiger partial charge in [-0.1, -0.05) is 12.8 Å². The van der Waals surface area contributed by atoms with Gasteiger partial charge in [-0.3, -0.25) is 0 Å². The van der Waals surface area contributed by atoms with Crippen LogP contribution in [0, 0.1) is 11.6 Å². The van der Waals surface area contributed by atoms with Crippen molar-refractivity contribution in [2.75, 3.05) is 24.7 Å². The van der Waals surface area contributed by atoms with Crippen LogP contribution >= 0.6 is 0 Å². The number of aliphatic hydroxyl groups is 1. The van der Waals surface area contributed by atoms with Crippen LogP contribution in [0.1, 0.15) is 39.5 Å². The number of rotatable bonds is 4. The molecule has 1 aromatic carbocycles. The molecule has 3 rings (SSSR count). The minimum atomic E-state index is -0.982. The van der Waals surface area contributed by atoms with E-state index >= 15 is 0 Å². The van der Waals surface area contributed by atoms with E-state index in [1.165, 1.54) is 12.5 Å². The topological polar surface area (TPSA) is 44.7 Å². The van der Waals surface area contributed by atoms with Crippen molar-refractivity contribution >= 4 is 5.69 Å². The fourth-order valence-corrected chi connectivity index (χ4v) is 4.02. The van der Waals surface area contributed by atoms with Gasteiger partial charge < -0.3 is 20.1 Å². The van der Waals surface area contributed by atoms with Crippen molar-refractivity contribution in [3.05, 3.63) is 23.8 Å². The van der Waals surface area contributed by atoms with Crippen molar-refractivity contribution < 1.29 is 18.6 Å². The van der Waals surface area contributed by atoms with Crippen LogP contribution in [0.25, 0.3) is 0 Å². The van der Waals surface area contributed by atoms with E-state index in [2.05, 4.69) is 19.2 Å². The number of fused-ring (bicyclic) bond motifs is 1. The van der Waals surface area contributed by atoms with Gasteiger partial charge in [0.05, 0.1) is 12.3 Å². The lowest BCUT2D eigenvalue weighted by atomic mass is 9.83. The van der Waals surface area contributed by atoms with E-state index in [0.717, 1.165) is 19.3 Å². The first kappa shape index (κ1) is 17.4. The van der Waals surface area contributed by atoms with Gasteiger partial charge in [0.2, 0.25) is 5.82 Å². The number of hydrogen-bond acceptors (Lipinski definition) is 4. The highest BCUT2D eigenvalue weighted by Gasteiger charge is 2.41. The SMILES string of the molecule is CC1(C)CN(c2ccc(OCCO)c(F)c2F)[C@H]2CCCC[C@H]2N1. The van der Waals surface area contributed by atoms with Crippen molar-refractivity contribution in [2.24, 2.45) is 0 Å². The number of piperazine rings is 1. The van der Waals surface area contributed by atoms with E-state index in [-0.39, 0.29) is 30.5 Å². The maximum Gasteiger partial charge on any atom is 0.202 e. The van der Waals surface area contributed by atoms with E-state index in [4.69, 9.17) is 9.84 Å². The van der Waals surface area contributed by atoms with Gasteiger partial charge in [0.15, 0.2) is 11.6 Å². The van der Waals surface area contributed by atoms with Crippen LogP contribution in [-0.4, -0.2) is 42.5 Å². The first-order valence-electron chi connectivity index (χ1n) is 8.69. The molecule has 0 radical (unpaired) electrons. The monoisotopic (exact) mass is 340 g/mol. The summed E-state index contributed by atoms with van der Waals surface area (Å²) >= 11 is 0.